The minimum atomic E-state index is -4.39. The van der Waals surface area contributed by atoms with Crippen molar-refractivity contribution in [3.05, 3.63) is 62.2 Å². The molecule has 2 atom stereocenters. The number of nitrogens with zero attached hydrogens (tertiary/aromatic N) is 4. The average molecular weight is 557 g/mol. The number of aromatic nitrogens is 3. The zero-order chi connectivity index (χ0) is 28.9. The van der Waals surface area contributed by atoms with Gasteiger partial charge in [-0.25, -0.2) is 23.7 Å². The maximum atomic E-state index is 13.2. The fourth-order valence-electron chi connectivity index (χ4n) is 5.13. The van der Waals surface area contributed by atoms with Crippen molar-refractivity contribution >= 4 is 11.9 Å². The molecule has 0 saturated carbocycles. The van der Waals surface area contributed by atoms with Gasteiger partial charge in [0.05, 0.1) is 18.3 Å². The number of carbonyl (C=O) groups is 2. The third kappa shape index (κ3) is 7.53. The summed E-state index contributed by atoms with van der Waals surface area (Å²) in [6.07, 6.45) is -0.210. The monoisotopic (exact) mass is 556 g/mol. The number of benzene rings is 1. The molecule has 1 aromatic heterocycles. The number of aliphatic carboxylic acids is 2. The van der Waals surface area contributed by atoms with Crippen LogP contribution in [0.2, 0.25) is 0 Å². The summed E-state index contributed by atoms with van der Waals surface area (Å²) in [5, 5.41) is 14.8. The Morgan fingerprint density at radius 2 is 1.64 bits per heavy atom. The maximum Gasteiger partial charge on any atom is 0.416 e. The van der Waals surface area contributed by atoms with E-state index in [-0.39, 0.29) is 24.0 Å². The summed E-state index contributed by atoms with van der Waals surface area (Å²) in [6.45, 7) is 2.64. The first-order chi connectivity index (χ1) is 18.3. The number of rotatable bonds is 7. The second-order valence-corrected chi connectivity index (χ2v) is 9.58. The number of fused-ring (bicyclic) bond motifs is 2. The molecule has 214 valence electrons. The van der Waals surface area contributed by atoms with E-state index in [1.54, 1.807) is 20.0 Å². The van der Waals surface area contributed by atoms with Gasteiger partial charge in [-0.3, -0.25) is 9.47 Å². The summed E-state index contributed by atoms with van der Waals surface area (Å²) in [5.41, 5.74) is -1.36. The summed E-state index contributed by atoms with van der Waals surface area (Å²) in [6, 6.07) is 6.17. The molecule has 2 aliphatic heterocycles. The number of aryl methyl sites for hydroxylation is 1. The highest BCUT2D eigenvalue weighted by molar-refractivity contribution is 6.27. The zero-order valence-corrected chi connectivity index (χ0v) is 21.6. The number of hydrogen-bond acceptors (Lipinski definition) is 7. The minimum absolute atomic E-state index is 0.0492. The first-order valence-electron chi connectivity index (χ1n) is 12.4. The van der Waals surface area contributed by atoms with Crippen molar-refractivity contribution in [3.8, 4) is 0 Å². The zero-order valence-electron chi connectivity index (χ0n) is 21.6. The Bertz CT molecular complexity index is 1280. The molecule has 0 spiro atoms. The van der Waals surface area contributed by atoms with Crippen molar-refractivity contribution in [2.24, 2.45) is 7.05 Å². The lowest BCUT2D eigenvalue weighted by Gasteiger charge is -2.39. The van der Waals surface area contributed by atoms with E-state index in [9.17, 15) is 22.8 Å². The number of ether oxygens (including phenoxy) is 1. The standard InChI is InChI=1S/C23H29F3N4O3.C2H2O4/c1-15-27-21(31)30(22(32)28(15)2)11-5-10-29-17-8-9-18(29)13-19(12-17)33-14-16-6-3-4-7-20(16)23(24,25)26;3-1(4)2(5)6/h3-4,6-7,17-19H,5,8-14H2,1-2H3;(H,3,4)(H,5,6). The van der Waals surface area contributed by atoms with Gasteiger partial charge in [-0.2, -0.15) is 18.2 Å². The summed E-state index contributed by atoms with van der Waals surface area (Å²) < 4.78 is 48.1. The van der Waals surface area contributed by atoms with Crippen molar-refractivity contribution in [3.63, 3.8) is 0 Å². The number of alkyl halides is 3. The fourth-order valence-corrected chi connectivity index (χ4v) is 5.13. The third-order valence-corrected chi connectivity index (χ3v) is 7.11. The Labute approximate surface area is 221 Å². The number of piperidine rings is 1. The second-order valence-electron chi connectivity index (χ2n) is 9.58. The molecule has 2 N–H and O–H groups in total. The van der Waals surface area contributed by atoms with Crippen molar-refractivity contribution in [1.29, 1.82) is 0 Å². The molecule has 1 aromatic carbocycles. The Balaban J connectivity index is 0.000000631. The van der Waals surface area contributed by atoms with E-state index in [1.807, 2.05) is 0 Å². The van der Waals surface area contributed by atoms with Gasteiger partial charge in [-0.15, -0.1) is 0 Å². The number of hydrogen-bond donors (Lipinski definition) is 2. The SMILES string of the molecule is Cc1nc(=O)n(CCCN2C3CCC2CC(OCc2ccccc2C(F)(F)F)C3)c(=O)n1C.O=C(O)C(=O)O. The van der Waals surface area contributed by atoms with Gasteiger partial charge in [0.2, 0.25) is 0 Å². The number of carboxylic acids is 2. The van der Waals surface area contributed by atoms with Crippen LogP contribution in [0, 0.1) is 6.92 Å². The van der Waals surface area contributed by atoms with E-state index < -0.39 is 29.4 Å². The molecule has 2 unspecified atom stereocenters. The van der Waals surface area contributed by atoms with E-state index in [1.165, 1.54) is 21.3 Å². The van der Waals surface area contributed by atoms with Crippen molar-refractivity contribution in [1.82, 2.24) is 19.0 Å². The van der Waals surface area contributed by atoms with Crippen molar-refractivity contribution < 1.29 is 37.7 Å². The van der Waals surface area contributed by atoms with Crippen LogP contribution in [0.25, 0.3) is 0 Å². The molecule has 0 aliphatic carbocycles. The molecule has 4 rings (SSSR count). The van der Waals surface area contributed by atoms with Gasteiger partial charge in [0, 0.05) is 32.2 Å². The quantitative estimate of drug-likeness (QED) is 0.490. The van der Waals surface area contributed by atoms with Crippen molar-refractivity contribution in [2.45, 2.75) is 76.5 Å². The predicted molar refractivity (Wildman–Crippen MR) is 131 cm³/mol. The number of carboxylic acid groups (broad SMARTS) is 2. The van der Waals surface area contributed by atoms with Gasteiger partial charge in [-0.1, -0.05) is 18.2 Å². The topological polar surface area (TPSA) is 144 Å². The highest BCUT2D eigenvalue weighted by atomic mass is 19.4. The molecule has 2 bridgehead atoms. The highest BCUT2D eigenvalue weighted by Crippen LogP contribution is 2.38. The summed E-state index contributed by atoms with van der Waals surface area (Å²) in [4.78, 5) is 48.9. The smallest absolute Gasteiger partial charge is 0.416 e. The van der Waals surface area contributed by atoms with E-state index in [0.29, 0.717) is 30.9 Å². The fraction of sp³-hybridized carbons (Fsp3) is 0.560. The van der Waals surface area contributed by atoms with Crippen LogP contribution in [0.15, 0.2) is 33.9 Å². The van der Waals surface area contributed by atoms with Crippen LogP contribution in [0.1, 0.15) is 49.1 Å². The molecule has 14 heteroatoms. The highest BCUT2D eigenvalue weighted by Gasteiger charge is 2.41. The van der Waals surface area contributed by atoms with Crippen molar-refractivity contribution in [2.75, 3.05) is 6.54 Å². The van der Waals surface area contributed by atoms with Gasteiger partial charge in [0.15, 0.2) is 0 Å². The molecule has 2 saturated heterocycles. The molecular weight excluding hydrogens is 525 g/mol. The lowest BCUT2D eigenvalue weighted by atomic mass is 9.99. The Hall–Kier alpha value is -3.52. The molecule has 2 aliphatic rings. The van der Waals surface area contributed by atoms with Gasteiger partial charge < -0.3 is 14.9 Å². The Kier molecular flexibility index (Phi) is 9.67. The van der Waals surface area contributed by atoms with E-state index in [0.717, 1.165) is 38.3 Å². The maximum absolute atomic E-state index is 13.2. The molecule has 2 fully saturated rings. The molecule has 39 heavy (non-hydrogen) atoms. The van der Waals surface area contributed by atoms with Crippen LogP contribution in [-0.4, -0.2) is 65.9 Å². The van der Waals surface area contributed by atoms with Gasteiger partial charge in [0.1, 0.15) is 5.82 Å². The predicted octanol–water partition coefficient (Wildman–Crippen LogP) is 2.03. The molecule has 11 nitrogen and oxygen atoms in total. The minimum Gasteiger partial charge on any atom is -0.473 e. The Morgan fingerprint density at radius 3 is 2.21 bits per heavy atom. The van der Waals surface area contributed by atoms with Gasteiger partial charge in [0.25, 0.3) is 0 Å². The molecular formula is C25H31F3N4O7. The van der Waals surface area contributed by atoms with Crippen LogP contribution < -0.4 is 11.4 Å². The normalized spacial score (nSPS) is 20.8. The first kappa shape index (κ1) is 30.0. The molecule has 0 radical (unpaired) electrons. The van der Waals surface area contributed by atoms with Gasteiger partial charge >= 0.3 is 29.5 Å². The van der Waals surface area contributed by atoms with Crippen LogP contribution in [0.3, 0.4) is 0 Å². The lowest BCUT2D eigenvalue weighted by molar-refractivity contribution is -0.159. The van der Waals surface area contributed by atoms with Crippen LogP contribution >= 0.6 is 0 Å². The van der Waals surface area contributed by atoms with E-state index in [2.05, 4.69) is 9.88 Å². The largest absolute Gasteiger partial charge is 0.473 e. The number of halogens is 3. The molecule has 0 amide bonds. The molecule has 2 aromatic rings. The average Bonchev–Trinajstić information content (AvgIpc) is 3.10. The lowest BCUT2D eigenvalue weighted by Crippen LogP contribution is -2.47. The van der Waals surface area contributed by atoms with E-state index in [4.69, 9.17) is 24.5 Å². The van der Waals surface area contributed by atoms with Crippen LogP contribution in [-0.2, 0) is 40.7 Å². The third-order valence-electron chi connectivity index (χ3n) is 7.11. The van der Waals surface area contributed by atoms with Gasteiger partial charge in [-0.05, 0) is 50.7 Å². The Morgan fingerprint density at radius 1 is 1.05 bits per heavy atom. The summed E-state index contributed by atoms with van der Waals surface area (Å²) >= 11 is 0. The summed E-state index contributed by atoms with van der Waals surface area (Å²) in [7, 11) is 1.60. The second kappa shape index (κ2) is 12.6. The first-order valence-corrected chi connectivity index (χ1v) is 12.4. The molecule has 3 heterocycles. The van der Waals surface area contributed by atoms with Crippen LogP contribution in [0.4, 0.5) is 13.2 Å². The summed E-state index contributed by atoms with van der Waals surface area (Å²) in [5.74, 6) is -3.26. The van der Waals surface area contributed by atoms with Crippen LogP contribution in [0.5, 0.6) is 0 Å². The van der Waals surface area contributed by atoms with E-state index >= 15 is 0 Å².